The van der Waals surface area contributed by atoms with E-state index in [9.17, 15) is 0 Å². The summed E-state index contributed by atoms with van der Waals surface area (Å²) in [4.78, 5) is 0. The van der Waals surface area contributed by atoms with Crippen LogP contribution in [0, 0.1) is 23.7 Å². The monoisotopic (exact) mass is 484 g/mol. The Labute approximate surface area is 214 Å². The Hall–Kier alpha value is -1.91. The average Bonchev–Trinajstić information content (AvgIpc) is 2.94. The van der Waals surface area contributed by atoms with E-state index in [1.54, 1.807) is 15.9 Å². The van der Waals surface area contributed by atoms with E-state index in [1.165, 1.54) is 70.4 Å². The molecule has 0 aromatic heterocycles. The molecule has 3 aromatic rings. The molecule has 0 aliphatic heterocycles. The van der Waals surface area contributed by atoms with Gasteiger partial charge in [-0.25, -0.2) is 0 Å². The van der Waals surface area contributed by atoms with Crippen LogP contribution in [-0.2, 0) is 0 Å². The molecule has 2 saturated carbocycles. The van der Waals surface area contributed by atoms with Crippen molar-refractivity contribution in [2.45, 2.75) is 71.1 Å². The van der Waals surface area contributed by atoms with Crippen molar-refractivity contribution in [3.05, 3.63) is 91.0 Å². The average molecular weight is 485 g/mol. The molecule has 0 amide bonds. The first-order valence-electron chi connectivity index (χ1n) is 14.5. The normalized spacial score (nSPS) is 25.7. The third-order valence-electron chi connectivity index (χ3n) is 9.54. The molecule has 0 radical (unpaired) electrons. The van der Waals surface area contributed by atoms with Gasteiger partial charge in [-0.2, -0.15) is 0 Å². The summed E-state index contributed by atoms with van der Waals surface area (Å²) in [6, 6.07) is 34.6. The second-order valence-corrected chi connectivity index (χ2v) is 15.5. The van der Waals surface area contributed by atoms with Gasteiger partial charge in [-0.1, -0.05) is 0 Å². The van der Waals surface area contributed by atoms with Crippen molar-refractivity contribution in [1.82, 2.24) is 0 Å². The molecular weight excluding hydrogens is 439 g/mol. The SMILES string of the molecule is CCCC1CCC(C2CCC(C[PH](c3ccccc3)(c3ccccc3)c3ccccc3)CC2)CC1. The molecule has 0 saturated heterocycles. The topological polar surface area (TPSA) is 0 Å². The van der Waals surface area contributed by atoms with Crippen molar-refractivity contribution < 1.29 is 0 Å². The van der Waals surface area contributed by atoms with Gasteiger partial charge in [0.1, 0.15) is 0 Å². The van der Waals surface area contributed by atoms with Crippen LogP contribution in [0.25, 0.3) is 0 Å². The van der Waals surface area contributed by atoms with Crippen LogP contribution in [0.1, 0.15) is 71.1 Å². The molecule has 0 heterocycles. The molecule has 3 aromatic carbocycles. The van der Waals surface area contributed by atoms with Gasteiger partial charge in [0, 0.05) is 0 Å². The van der Waals surface area contributed by atoms with E-state index in [4.69, 9.17) is 0 Å². The molecular formula is C34H45P. The molecule has 5 rings (SSSR count). The standard InChI is InChI=1S/C34H45P/c1-2-12-28-19-23-30(24-20-28)31-25-21-29(22-26-31)27-35(32-13-6-3-7-14-32,33-15-8-4-9-16-33)34-17-10-5-11-18-34/h3-11,13-18,28-31,35H,2,12,19-27H2,1H3. The number of rotatable bonds is 8. The zero-order valence-electron chi connectivity index (χ0n) is 21.7. The molecule has 0 spiro atoms. The van der Waals surface area contributed by atoms with E-state index >= 15 is 0 Å². The summed E-state index contributed by atoms with van der Waals surface area (Å²) in [5.41, 5.74) is 0. The summed E-state index contributed by atoms with van der Waals surface area (Å²) in [6.45, 7) is 2.36. The fourth-order valence-corrected chi connectivity index (χ4v) is 12.9. The summed E-state index contributed by atoms with van der Waals surface area (Å²) in [5, 5.41) is 4.73. The van der Waals surface area contributed by atoms with Crippen molar-refractivity contribution in [3.63, 3.8) is 0 Å². The summed E-state index contributed by atoms with van der Waals surface area (Å²) in [7, 11) is -2.09. The van der Waals surface area contributed by atoms with E-state index in [0.29, 0.717) is 0 Å². The van der Waals surface area contributed by atoms with Crippen LogP contribution in [0.2, 0.25) is 0 Å². The van der Waals surface area contributed by atoms with Crippen molar-refractivity contribution >= 4 is 23.2 Å². The van der Waals surface area contributed by atoms with Gasteiger partial charge in [0.2, 0.25) is 0 Å². The third kappa shape index (κ3) is 5.59. The molecule has 0 unspecified atom stereocenters. The number of hydrogen-bond donors (Lipinski definition) is 0. The molecule has 0 bridgehead atoms. The Bertz CT molecular complexity index is 900. The predicted molar refractivity (Wildman–Crippen MR) is 157 cm³/mol. The minimum atomic E-state index is -2.09. The molecule has 0 nitrogen and oxygen atoms in total. The minimum absolute atomic E-state index is 0.843. The second-order valence-electron chi connectivity index (χ2n) is 11.6. The van der Waals surface area contributed by atoms with Gasteiger partial charge in [0.25, 0.3) is 0 Å². The molecule has 0 N–H and O–H groups in total. The van der Waals surface area contributed by atoms with E-state index in [2.05, 4.69) is 97.9 Å². The van der Waals surface area contributed by atoms with Crippen LogP contribution >= 0.6 is 7.26 Å². The van der Waals surface area contributed by atoms with Gasteiger partial charge in [0.15, 0.2) is 0 Å². The fourth-order valence-electron chi connectivity index (χ4n) is 7.67. The maximum absolute atomic E-state index is 2.42. The number of benzene rings is 3. The van der Waals surface area contributed by atoms with Gasteiger partial charge < -0.3 is 0 Å². The van der Waals surface area contributed by atoms with E-state index in [1.807, 2.05) is 0 Å². The van der Waals surface area contributed by atoms with Gasteiger partial charge in [0.05, 0.1) is 0 Å². The summed E-state index contributed by atoms with van der Waals surface area (Å²) < 4.78 is 0. The van der Waals surface area contributed by atoms with Crippen LogP contribution in [0.4, 0.5) is 0 Å². The van der Waals surface area contributed by atoms with Crippen molar-refractivity contribution in [2.24, 2.45) is 23.7 Å². The predicted octanol–water partition coefficient (Wildman–Crippen LogP) is 8.13. The first-order chi connectivity index (χ1) is 17.3. The zero-order chi connectivity index (χ0) is 23.9. The van der Waals surface area contributed by atoms with E-state index in [0.717, 1.165) is 23.7 Å². The first kappa shape index (κ1) is 24.8. The molecule has 2 fully saturated rings. The fraction of sp³-hybridized carbons (Fsp3) is 0.471. The van der Waals surface area contributed by atoms with Crippen LogP contribution in [0.15, 0.2) is 91.0 Å². The van der Waals surface area contributed by atoms with Crippen molar-refractivity contribution in [1.29, 1.82) is 0 Å². The van der Waals surface area contributed by atoms with E-state index < -0.39 is 7.26 Å². The second kappa shape index (κ2) is 11.9. The molecule has 2 aliphatic rings. The zero-order valence-corrected chi connectivity index (χ0v) is 22.7. The molecule has 35 heavy (non-hydrogen) atoms. The molecule has 1 heteroatoms. The Morgan fingerprint density at radius 3 is 1.26 bits per heavy atom. The van der Waals surface area contributed by atoms with Crippen LogP contribution in [0.3, 0.4) is 0 Å². The van der Waals surface area contributed by atoms with Gasteiger partial charge in [-0.15, -0.1) is 0 Å². The van der Waals surface area contributed by atoms with Gasteiger partial charge in [-0.3, -0.25) is 0 Å². The Morgan fingerprint density at radius 2 is 0.886 bits per heavy atom. The molecule has 2 aliphatic carbocycles. The van der Waals surface area contributed by atoms with E-state index in [-0.39, 0.29) is 0 Å². The quantitative estimate of drug-likeness (QED) is 0.283. The Balaban J connectivity index is 1.37. The maximum atomic E-state index is 2.42. The third-order valence-corrected chi connectivity index (χ3v) is 14.7. The van der Waals surface area contributed by atoms with Gasteiger partial charge in [-0.05, 0) is 0 Å². The first-order valence-corrected chi connectivity index (χ1v) is 16.7. The van der Waals surface area contributed by atoms with Crippen LogP contribution < -0.4 is 15.9 Å². The molecule has 0 atom stereocenters. The van der Waals surface area contributed by atoms with Crippen LogP contribution in [-0.4, -0.2) is 6.16 Å². The van der Waals surface area contributed by atoms with Crippen molar-refractivity contribution in [3.8, 4) is 0 Å². The van der Waals surface area contributed by atoms with Crippen molar-refractivity contribution in [2.75, 3.05) is 6.16 Å². The summed E-state index contributed by atoms with van der Waals surface area (Å²) in [5.74, 6) is 3.88. The summed E-state index contributed by atoms with van der Waals surface area (Å²) in [6.07, 6.45) is 16.0. The summed E-state index contributed by atoms with van der Waals surface area (Å²) >= 11 is 0. The Kier molecular flexibility index (Phi) is 8.41. The van der Waals surface area contributed by atoms with Crippen LogP contribution in [0.5, 0.6) is 0 Å². The van der Waals surface area contributed by atoms with Gasteiger partial charge >= 0.3 is 215 Å². The Morgan fingerprint density at radius 1 is 0.514 bits per heavy atom. The number of hydrogen-bond acceptors (Lipinski definition) is 0. The molecule has 186 valence electrons.